The Kier molecular flexibility index (Phi) is 4.15. The molecule has 1 aromatic carbocycles. The van der Waals surface area contributed by atoms with Crippen LogP contribution < -0.4 is 5.32 Å². The summed E-state index contributed by atoms with van der Waals surface area (Å²) in [6.45, 7) is 0.119. The fourth-order valence-electron chi connectivity index (χ4n) is 0.959. The average molecular weight is 209 g/mol. The Bertz CT molecular complexity index is 337. The summed E-state index contributed by atoms with van der Waals surface area (Å²) in [7, 11) is 0. The normalized spacial score (nSPS) is 9.33. The first-order valence-corrected chi connectivity index (χ1v) is 4.39. The van der Waals surface area contributed by atoms with Crippen LogP contribution in [-0.2, 0) is 4.74 Å². The van der Waals surface area contributed by atoms with Gasteiger partial charge in [-0.15, -0.1) is 0 Å². The quantitative estimate of drug-likeness (QED) is 0.575. The predicted octanol–water partition coefficient (Wildman–Crippen LogP) is 1.11. The van der Waals surface area contributed by atoms with Gasteiger partial charge in [0.1, 0.15) is 6.61 Å². The lowest BCUT2D eigenvalue weighted by molar-refractivity contribution is 0.0507. The van der Waals surface area contributed by atoms with E-state index in [1.54, 1.807) is 30.3 Å². The Morgan fingerprint density at radius 2 is 1.93 bits per heavy atom. The molecule has 0 unspecified atom stereocenters. The SMILES string of the molecule is O=C(O)NCCOC(=O)c1ccccc1. The number of nitrogens with one attached hydrogen (secondary N) is 1. The van der Waals surface area contributed by atoms with Gasteiger partial charge in [-0.05, 0) is 12.1 Å². The van der Waals surface area contributed by atoms with Crippen LogP contribution in [0.3, 0.4) is 0 Å². The molecule has 0 aliphatic heterocycles. The van der Waals surface area contributed by atoms with E-state index < -0.39 is 12.1 Å². The van der Waals surface area contributed by atoms with Crippen LogP contribution in [-0.4, -0.2) is 30.3 Å². The monoisotopic (exact) mass is 209 g/mol. The first-order valence-electron chi connectivity index (χ1n) is 4.39. The van der Waals surface area contributed by atoms with Gasteiger partial charge < -0.3 is 15.2 Å². The molecule has 0 aliphatic carbocycles. The fourth-order valence-corrected chi connectivity index (χ4v) is 0.959. The largest absolute Gasteiger partial charge is 0.465 e. The molecule has 0 aliphatic rings. The summed E-state index contributed by atoms with van der Waals surface area (Å²) in [6.07, 6.45) is -1.13. The van der Waals surface area contributed by atoms with E-state index in [2.05, 4.69) is 5.32 Å². The van der Waals surface area contributed by atoms with Crippen molar-refractivity contribution >= 4 is 12.1 Å². The molecule has 0 radical (unpaired) electrons. The molecule has 0 bridgehead atoms. The van der Waals surface area contributed by atoms with Gasteiger partial charge in [0.15, 0.2) is 0 Å². The van der Waals surface area contributed by atoms with E-state index in [0.29, 0.717) is 5.56 Å². The zero-order valence-corrected chi connectivity index (χ0v) is 7.97. The van der Waals surface area contributed by atoms with Crippen molar-refractivity contribution in [2.75, 3.05) is 13.2 Å². The molecule has 0 aromatic heterocycles. The summed E-state index contributed by atoms with van der Waals surface area (Å²) in [4.78, 5) is 21.4. The molecule has 5 heteroatoms. The first kappa shape index (κ1) is 11.0. The van der Waals surface area contributed by atoms with Crippen molar-refractivity contribution in [1.82, 2.24) is 5.32 Å². The van der Waals surface area contributed by atoms with E-state index in [4.69, 9.17) is 9.84 Å². The van der Waals surface area contributed by atoms with Crippen LogP contribution in [0.5, 0.6) is 0 Å². The van der Waals surface area contributed by atoms with Gasteiger partial charge in [0, 0.05) is 0 Å². The lowest BCUT2D eigenvalue weighted by Crippen LogP contribution is -2.26. The van der Waals surface area contributed by atoms with Crippen molar-refractivity contribution in [2.45, 2.75) is 0 Å². The van der Waals surface area contributed by atoms with E-state index in [1.807, 2.05) is 0 Å². The lowest BCUT2D eigenvalue weighted by atomic mass is 10.2. The molecule has 1 aromatic rings. The first-order chi connectivity index (χ1) is 7.20. The number of hydrogen-bond donors (Lipinski definition) is 2. The fraction of sp³-hybridized carbons (Fsp3) is 0.200. The standard InChI is InChI=1S/C10H11NO4/c12-9(8-4-2-1-3-5-8)15-7-6-11-10(13)14/h1-5,11H,6-7H2,(H,13,14). The lowest BCUT2D eigenvalue weighted by Gasteiger charge is -2.04. The second-order valence-electron chi connectivity index (χ2n) is 2.73. The highest BCUT2D eigenvalue weighted by molar-refractivity contribution is 5.89. The highest BCUT2D eigenvalue weighted by Gasteiger charge is 2.05. The Labute approximate surface area is 86.7 Å². The number of carboxylic acid groups (broad SMARTS) is 1. The minimum atomic E-state index is -1.13. The summed E-state index contributed by atoms with van der Waals surface area (Å²) in [5.41, 5.74) is 0.452. The second-order valence-corrected chi connectivity index (χ2v) is 2.73. The Morgan fingerprint density at radius 3 is 2.53 bits per heavy atom. The van der Waals surface area contributed by atoms with E-state index in [-0.39, 0.29) is 13.2 Å². The van der Waals surface area contributed by atoms with Crippen LogP contribution in [0.1, 0.15) is 10.4 Å². The molecule has 1 amide bonds. The predicted molar refractivity (Wildman–Crippen MR) is 52.8 cm³/mol. The zero-order chi connectivity index (χ0) is 11.1. The zero-order valence-electron chi connectivity index (χ0n) is 7.97. The van der Waals surface area contributed by atoms with Gasteiger partial charge in [-0.1, -0.05) is 18.2 Å². The summed E-state index contributed by atoms with van der Waals surface area (Å²) >= 11 is 0. The van der Waals surface area contributed by atoms with Crippen LogP contribution in [0, 0.1) is 0 Å². The third kappa shape index (κ3) is 4.12. The highest BCUT2D eigenvalue weighted by Crippen LogP contribution is 2.00. The van der Waals surface area contributed by atoms with E-state index >= 15 is 0 Å². The smallest absolute Gasteiger partial charge is 0.404 e. The van der Waals surface area contributed by atoms with Crippen LogP contribution >= 0.6 is 0 Å². The summed E-state index contributed by atoms with van der Waals surface area (Å²) in [5, 5.41) is 10.3. The third-order valence-corrected chi connectivity index (χ3v) is 1.62. The van der Waals surface area contributed by atoms with E-state index in [0.717, 1.165) is 0 Å². The van der Waals surface area contributed by atoms with Gasteiger partial charge in [-0.25, -0.2) is 9.59 Å². The molecule has 80 valence electrons. The molecule has 5 nitrogen and oxygen atoms in total. The van der Waals surface area contributed by atoms with Gasteiger partial charge in [0.05, 0.1) is 12.1 Å². The summed E-state index contributed by atoms with van der Waals surface area (Å²) in [5.74, 6) is -0.456. The van der Waals surface area contributed by atoms with Crippen molar-refractivity contribution in [1.29, 1.82) is 0 Å². The van der Waals surface area contributed by atoms with Crippen molar-refractivity contribution in [2.24, 2.45) is 0 Å². The van der Waals surface area contributed by atoms with E-state index in [9.17, 15) is 9.59 Å². The molecule has 0 atom stereocenters. The number of benzene rings is 1. The number of rotatable bonds is 4. The van der Waals surface area contributed by atoms with Crippen LogP contribution in [0.4, 0.5) is 4.79 Å². The van der Waals surface area contributed by atoms with Gasteiger partial charge in [-0.3, -0.25) is 0 Å². The third-order valence-electron chi connectivity index (χ3n) is 1.62. The number of carbonyl (C=O) groups excluding carboxylic acids is 1. The highest BCUT2D eigenvalue weighted by atomic mass is 16.5. The summed E-state index contributed by atoms with van der Waals surface area (Å²) < 4.78 is 4.81. The Balaban J connectivity index is 2.28. The topological polar surface area (TPSA) is 75.6 Å². The van der Waals surface area contributed by atoms with Crippen LogP contribution in [0.2, 0.25) is 0 Å². The maximum absolute atomic E-state index is 11.3. The van der Waals surface area contributed by atoms with Crippen molar-refractivity contribution in [3.8, 4) is 0 Å². The number of carbonyl (C=O) groups is 2. The maximum atomic E-state index is 11.3. The number of esters is 1. The molecule has 0 fully saturated rings. The van der Waals surface area contributed by atoms with Gasteiger partial charge >= 0.3 is 12.1 Å². The molecular formula is C10H11NO4. The van der Waals surface area contributed by atoms with Crippen LogP contribution in [0.25, 0.3) is 0 Å². The molecule has 0 saturated heterocycles. The molecule has 0 spiro atoms. The molecule has 2 N–H and O–H groups in total. The van der Waals surface area contributed by atoms with Gasteiger partial charge in [0.25, 0.3) is 0 Å². The Morgan fingerprint density at radius 1 is 1.27 bits per heavy atom. The van der Waals surface area contributed by atoms with Crippen LogP contribution in [0.15, 0.2) is 30.3 Å². The second kappa shape index (κ2) is 5.64. The van der Waals surface area contributed by atoms with Crippen molar-refractivity contribution in [3.05, 3.63) is 35.9 Å². The number of amides is 1. The van der Waals surface area contributed by atoms with Gasteiger partial charge in [-0.2, -0.15) is 0 Å². The average Bonchev–Trinajstić information content (AvgIpc) is 2.25. The van der Waals surface area contributed by atoms with Crippen molar-refractivity contribution in [3.63, 3.8) is 0 Å². The molecule has 15 heavy (non-hydrogen) atoms. The van der Waals surface area contributed by atoms with Gasteiger partial charge in [0.2, 0.25) is 0 Å². The van der Waals surface area contributed by atoms with E-state index in [1.165, 1.54) is 0 Å². The minimum Gasteiger partial charge on any atom is -0.465 e. The molecule has 1 rings (SSSR count). The molecule has 0 saturated carbocycles. The Hall–Kier alpha value is -2.04. The maximum Gasteiger partial charge on any atom is 0.404 e. The molecule has 0 heterocycles. The molecular weight excluding hydrogens is 198 g/mol. The number of ether oxygens (including phenoxy) is 1. The minimum absolute atomic E-state index is 0.0278. The summed E-state index contributed by atoms with van der Waals surface area (Å²) in [6, 6.07) is 8.51. The number of hydrogen-bond acceptors (Lipinski definition) is 3. The van der Waals surface area contributed by atoms with Crippen molar-refractivity contribution < 1.29 is 19.4 Å².